The van der Waals surface area contributed by atoms with Gasteiger partial charge in [-0.1, -0.05) is 94.7 Å². The van der Waals surface area contributed by atoms with Gasteiger partial charge in [0.15, 0.2) is 0 Å². The first-order valence-electron chi connectivity index (χ1n) is 39.6. The Morgan fingerprint density at radius 3 is 1.09 bits per heavy atom. The number of anilines is 6. The summed E-state index contributed by atoms with van der Waals surface area (Å²) in [5, 5.41) is 47.7. The van der Waals surface area contributed by atoms with E-state index in [2.05, 4.69) is 194 Å². The minimum absolute atomic E-state index is 0. The maximum Gasteiger partial charge on any atom is 0.569 e. The molecule has 0 aliphatic carbocycles. The minimum Gasteiger partial charge on any atom is -0.536 e. The van der Waals surface area contributed by atoms with Crippen LogP contribution in [0.25, 0.3) is 0 Å². The van der Waals surface area contributed by atoms with Crippen LogP contribution in [0.15, 0.2) is 132 Å². The SMILES string of the molecule is CCCN(CCC)c1cc(CN(CCCl)CCCl)ccc1Br.CCCN(CCC)c1cc(CN(CCCl)CCCl)ccc1O[B]O.CCCN(CCOS(C)(=O)=O)c1cc(COS(C)(=O)=O)ccc1Br.ClCCNCCCl.Nc1cc(CO)ccc1Br.OCCN(CCO)c1cc(CO)ccc1Br.[CH2-]c1ccc(Br)c(N(CCC)CCC)c1.[Y]. The molecule has 0 fully saturated rings. The molecule has 8 N–H and O–H groups in total. The second kappa shape index (κ2) is 73.5. The van der Waals surface area contributed by atoms with E-state index in [0.717, 1.165) is 196 Å². The van der Waals surface area contributed by atoms with E-state index >= 15 is 0 Å². The number of alkyl halides is 6. The van der Waals surface area contributed by atoms with Crippen LogP contribution in [-0.2, 0) is 94.2 Å². The summed E-state index contributed by atoms with van der Waals surface area (Å²) in [7, 11) is -6.27. The molecule has 0 amide bonds. The molecule has 6 aromatic rings. The Balaban J connectivity index is 0. The van der Waals surface area contributed by atoms with Gasteiger partial charge in [-0.3, -0.25) is 18.2 Å². The van der Waals surface area contributed by atoms with Gasteiger partial charge in [-0.15, -0.1) is 81.7 Å². The number of benzene rings is 6. The Hall–Kier alpha value is -1.40. The molecule has 119 heavy (non-hydrogen) atoms. The monoisotopic (exact) mass is 2210 g/mol. The predicted octanol–water partition coefficient (Wildman–Crippen LogP) is 18.5. The molecule has 0 aliphatic rings. The van der Waals surface area contributed by atoms with Crippen molar-refractivity contribution in [1.82, 2.24) is 15.1 Å². The van der Waals surface area contributed by atoms with Gasteiger partial charge >= 0.3 is 7.69 Å². The van der Waals surface area contributed by atoms with E-state index in [9.17, 15) is 16.8 Å². The smallest absolute Gasteiger partial charge is 0.536 e. The Bertz CT molecular complexity index is 3810. The second-order valence-corrected chi connectivity index (χ2v) is 36.5. The van der Waals surface area contributed by atoms with Crippen molar-refractivity contribution in [3.63, 3.8) is 0 Å². The number of hydrogen-bond acceptors (Lipinski definition) is 21. The number of aliphatic hydroxyl groups is 4. The number of nitrogen functional groups attached to an aromatic ring is 1. The van der Waals surface area contributed by atoms with E-state index in [4.69, 9.17) is 114 Å². The summed E-state index contributed by atoms with van der Waals surface area (Å²) < 4.78 is 64.2. The van der Waals surface area contributed by atoms with Crippen LogP contribution in [0.4, 0.5) is 34.1 Å². The van der Waals surface area contributed by atoms with E-state index in [-0.39, 0.29) is 72.4 Å². The first-order valence-corrected chi connectivity index (χ1v) is 50.4. The van der Waals surface area contributed by atoms with Crippen molar-refractivity contribution in [1.29, 1.82) is 0 Å². The summed E-state index contributed by atoms with van der Waals surface area (Å²) in [5.74, 6) is 4.44. The van der Waals surface area contributed by atoms with E-state index in [1.165, 1.54) is 39.8 Å². The second-order valence-electron chi connectivity index (χ2n) is 26.7. The van der Waals surface area contributed by atoms with Crippen molar-refractivity contribution in [3.05, 3.63) is 172 Å². The van der Waals surface area contributed by atoms with Crippen LogP contribution >= 0.6 is 149 Å². The largest absolute Gasteiger partial charge is 0.569 e. The van der Waals surface area contributed by atoms with Gasteiger partial charge in [0.1, 0.15) is 5.75 Å². The van der Waals surface area contributed by atoms with Crippen LogP contribution < -0.4 is 40.2 Å². The molecule has 0 unspecified atom stereocenters. The summed E-state index contributed by atoms with van der Waals surface area (Å²) in [6.07, 6.45) is 9.63. The fourth-order valence-electron chi connectivity index (χ4n) is 11.4. The van der Waals surface area contributed by atoms with Crippen molar-refractivity contribution in [3.8, 4) is 5.75 Å². The molecule has 0 atom stereocenters. The van der Waals surface area contributed by atoms with E-state index in [1.54, 1.807) is 18.2 Å². The number of nitrogens with two attached hydrogens (primary N) is 1. The van der Waals surface area contributed by atoms with Gasteiger partial charge in [0.2, 0.25) is 0 Å². The summed E-state index contributed by atoms with van der Waals surface area (Å²) in [6, 6.07) is 35.2. The zero-order chi connectivity index (χ0) is 88.9. The van der Waals surface area contributed by atoms with E-state index in [0.29, 0.717) is 78.5 Å². The molecular weight excluding hydrogens is 2090 g/mol. The van der Waals surface area contributed by atoms with Gasteiger partial charge in [0.25, 0.3) is 20.2 Å². The van der Waals surface area contributed by atoms with Gasteiger partial charge < -0.3 is 65.7 Å². The topological polar surface area (TPSA) is 258 Å². The van der Waals surface area contributed by atoms with Gasteiger partial charge in [-0.25, -0.2) is 0 Å². The molecule has 2 radical (unpaired) electrons. The zero-order valence-electron chi connectivity index (χ0n) is 70.7. The van der Waals surface area contributed by atoms with Crippen molar-refractivity contribution >= 4 is 211 Å². The van der Waals surface area contributed by atoms with Gasteiger partial charge in [0, 0.05) is 214 Å². The predicted molar refractivity (Wildman–Crippen MR) is 522 cm³/mol. The quantitative estimate of drug-likeness (QED) is 0.00468. The number of nitrogens with zero attached hydrogens (tertiary/aromatic N) is 7. The average Bonchev–Trinajstić information content (AvgIpc) is 0.774. The molecule has 6 rings (SSSR count). The normalized spacial score (nSPS) is 10.8. The minimum atomic E-state index is -3.52. The van der Waals surface area contributed by atoms with E-state index < -0.39 is 20.2 Å². The first kappa shape index (κ1) is 120. The summed E-state index contributed by atoms with van der Waals surface area (Å²) in [5.41, 5.74) is 17.4. The summed E-state index contributed by atoms with van der Waals surface area (Å²) in [6.45, 7) is 34.2. The number of aliphatic hydroxyl groups excluding tert-OH is 4. The zero-order valence-corrected chi connectivity index (χ0v) is 87.6. The van der Waals surface area contributed by atoms with Crippen molar-refractivity contribution in [2.45, 2.75) is 126 Å². The molecule has 0 aliphatic heterocycles. The molecule has 0 spiro atoms. The van der Waals surface area contributed by atoms with Crippen molar-refractivity contribution in [2.75, 3.05) is 203 Å². The molecule has 674 valence electrons. The first-order chi connectivity index (χ1) is 56.4. The van der Waals surface area contributed by atoms with Crippen LogP contribution in [0.3, 0.4) is 0 Å². The third-order valence-electron chi connectivity index (χ3n) is 16.6. The molecule has 0 heterocycles. The fraction of sp³-hybridized carbons (Fsp3) is 0.554. The number of halogens is 11. The number of nitrogens with one attached hydrogen (secondary N) is 1. The molecule has 6 aromatic carbocycles. The Morgan fingerprint density at radius 2 is 0.731 bits per heavy atom. The third kappa shape index (κ3) is 54.5. The Morgan fingerprint density at radius 1 is 0.412 bits per heavy atom. The molecular formula is C83H129BBr5Cl6N9O12S2Y-. The number of hydrogen-bond donors (Lipinski definition) is 7. The van der Waals surface area contributed by atoms with Crippen LogP contribution in [0, 0.1) is 6.92 Å². The summed E-state index contributed by atoms with van der Waals surface area (Å²) in [4.78, 5) is 15.6. The van der Waals surface area contributed by atoms with Crippen molar-refractivity contribution < 1.29 is 88.0 Å². The summed E-state index contributed by atoms with van der Waals surface area (Å²) >= 11 is 51.6. The van der Waals surface area contributed by atoms with Gasteiger partial charge in [0.05, 0.1) is 74.9 Å². The van der Waals surface area contributed by atoms with Crippen LogP contribution in [0.2, 0.25) is 0 Å². The maximum absolute atomic E-state index is 11.1. The molecule has 0 saturated carbocycles. The average molecular weight is 2220 g/mol. The van der Waals surface area contributed by atoms with Crippen LogP contribution in [0.5, 0.6) is 5.75 Å². The molecule has 0 bridgehead atoms. The van der Waals surface area contributed by atoms with Gasteiger partial charge in [-0.05, 0) is 203 Å². The molecule has 0 saturated heterocycles. The third-order valence-corrected chi connectivity index (χ3v) is 22.2. The van der Waals surface area contributed by atoms with Gasteiger partial charge in [-0.2, -0.15) is 35.4 Å². The fourth-order valence-corrected chi connectivity index (χ4v) is 15.6. The molecule has 36 heteroatoms. The Labute approximate surface area is 812 Å². The number of rotatable bonds is 50. The van der Waals surface area contributed by atoms with Crippen LogP contribution in [0.1, 0.15) is 127 Å². The van der Waals surface area contributed by atoms with Crippen LogP contribution in [-0.4, -0.2) is 232 Å². The molecule has 0 aromatic heterocycles. The molecule has 21 nitrogen and oxygen atoms in total. The van der Waals surface area contributed by atoms with Crippen molar-refractivity contribution in [2.24, 2.45) is 0 Å². The maximum atomic E-state index is 11.1. The standard InChI is InChI=1S/C17H28BCl2N2O2.C17H27BrCl2N2.C14H22BrNO6S2.C13H19BrN.C11H16BrNO3.C7H8BrNO.C4H9Cl2N.Y/c1-3-9-22(10-4-2)16-13-15(5-6-17(16)24-18-23)14-21(11-7-19)12-8-20;1-3-9-22(10-4-2)17-13-15(5-6-16(17)18)14-21(11-7-19)12-8-20;1-4-7-16(8-9-21-23(2,17)18)14-10-12(5-6-13(14)15)11-22-24(3,19)20;1-4-8-15(9-5-2)13-10-11(3)6-7-12(13)14;12-10-2-1-9(8-16)7-11(10)13(3-5-14)4-6-15;8-6-2-1-5(4-10)3-7(6)9;5-1-3-7-4-2-6;/h5-6,13,23H,3-4,7-12,14H2,1-2H3;5-6,13H,3-4,7-12,14H2,1-2H3;5-6,10H,4,7-9,11H2,1-3H3;6-7,10H,3-5,8-9H2,1-2H3;1-2,7,14-16H,3-6,8H2;1-3,10H,4,9H2;7H,1-4H2;/q;;;-1;;;;. The Kier molecular flexibility index (Phi) is 73.9. The van der Waals surface area contributed by atoms with E-state index in [1.807, 2.05) is 71.3 Å².